The Balaban J connectivity index is 1.16. The van der Waals surface area contributed by atoms with Gasteiger partial charge in [0, 0.05) is 46.6 Å². The molecule has 3 N–H and O–H groups in total. The van der Waals surface area contributed by atoms with E-state index in [-0.39, 0.29) is 47.4 Å². The average Bonchev–Trinajstić information content (AvgIpc) is 3.70. The van der Waals surface area contributed by atoms with Gasteiger partial charge in [0.1, 0.15) is 0 Å². The maximum Gasteiger partial charge on any atom is 0.322 e. The molecule has 4 saturated carbocycles. The molecule has 7 heteroatoms. The van der Waals surface area contributed by atoms with Crippen molar-refractivity contribution in [2.24, 2.45) is 39.4 Å². The second-order valence-electron chi connectivity index (χ2n) is 17.3. The summed E-state index contributed by atoms with van der Waals surface area (Å²) in [4.78, 5) is 30.6. The van der Waals surface area contributed by atoms with Crippen LogP contribution in [0.1, 0.15) is 104 Å². The summed E-state index contributed by atoms with van der Waals surface area (Å²) in [5.41, 5.74) is -0.617. The number of hydrogen-bond acceptors (Lipinski definition) is 5. The first-order valence-corrected chi connectivity index (χ1v) is 19.1. The maximum absolute atomic E-state index is 14.8. The van der Waals surface area contributed by atoms with E-state index in [1.807, 2.05) is 35.2 Å². The summed E-state index contributed by atoms with van der Waals surface area (Å²) in [6.45, 7) is 6.12. The molecule has 1 aromatic rings. The Morgan fingerprint density at radius 1 is 0.896 bits per heavy atom. The van der Waals surface area contributed by atoms with Gasteiger partial charge in [-0.3, -0.25) is 4.79 Å². The van der Waals surface area contributed by atoms with Crippen molar-refractivity contribution in [2.75, 3.05) is 25.0 Å². The quantitative estimate of drug-likeness (QED) is 0.265. The van der Waals surface area contributed by atoms with Crippen molar-refractivity contribution in [1.29, 1.82) is 0 Å². The zero-order valence-corrected chi connectivity index (χ0v) is 29.1. The van der Waals surface area contributed by atoms with Gasteiger partial charge in [-0.2, -0.15) is 0 Å². The number of benzene rings is 1. The highest BCUT2D eigenvalue weighted by molar-refractivity contribution is 6.00. The Hall–Kier alpha value is -2.48. The number of carbonyl (C=O) groups is 2. The molecule has 48 heavy (non-hydrogen) atoms. The summed E-state index contributed by atoms with van der Waals surface area (Å²) in [6, 6.07) is 9.35. The molecule has 7 aliphatic carbocycles. The third-order valence-corrected chi connectivity index (χ3v) is 15.2. The van der Waals surface area contributed by atoms with Crippen LogP contribution in [0.4, 0.5) is 10.5 Å². The van der Waals surface area contributed by atoms with Gasteiger partial charge in [0.15, 0.2) is 5.78 Å². The molecule has 1 aromatic carbocycles. The van der Waals surface area contributed by atoms with Crippen LogP contribution >= 0.6 is 0 Å². The van der Waals surface area contributed by atoms with Crippen LogP contribution in [-0.2, 0) is 9.53 Å². The van der Waals surface area contributed by atoms with Crippen LogP contribution in [0.15, 0.2) is 54.1 Å². The lowest BCUT2D eigenvalue weighted by Crippen LogP contribution is -2.67. The summed E-state index contributed by atoms with van der Waals surface area (Å²) in [6.07, 6.45) is 19.7. The Morgan fingerprint density at radius 3 is 2.38 bits per heavy atom. The highest BCUT2D eigenvalue weighted by Crippen LogP contribution is 2.78. The number of aliphatic hydroxyl groups excluding tert-OH is 1. The molecule has 2 bridgehead atoms. The first-order valence-electron chi connectivity index (χ1n) is 19.1. The molecule has 1 aliphatic heterocycles. The van der Waals surface area contributed by atoms with Crippen LogP contribution in [-0.4, -0.2) is 64.4 Å². The van der Waals surface area contributed by atoms with E-state index in [1.54, 1.807) is 0 Å². The van der Waals surface area contributed by atoms with Crippen molar-refractivity contribution < 1.29 is 24.5 Å². The molecule has 9 unspecified atom stereocenters. The van der Waals surface area contributed by atoms with Crippen molar-refractivity contribution in [3.8, 4) is 0 Å². The van der Waals surface area contributed by atoms with Crippen molar-refractivity contribution in [1.82, 2.24) is 4.90 Å². The molecule has 1 heterocycles. The molecule has 2 amide bonds. The maximum atomic E-state index is 14.8. The van der Waals surface area contributed by atoms with Crippen LogP contribution in [0.3, 0.4) is 0 Å². The number of urea groups is 1. The lowest BCUT2D eigenvalue weighted by molar-refractivity contribution is -0.178. The van der Waals surface area contributed by atoms with E-state index < -0.39 is 16.4 Å². The highest BCUT2D eigenvalue weighted by atomic mass is 16.5. The fourth-order valence-corrected chi connectivity index (χ4v) is 12.5. The number of anilines is 1. The Kier molecular flexibility index (Phi) is 8.04. The first kappa shape index (κ1) is 32.7. The predicted molar refractivity (Wildman–Crippen MR) is 186 cm³/mol. The van der Waals surface area contributed by atoms with Crippen molar-refractivity contribution in [3.05, 3.63) is 54.1 Å². The summed E-state index contributed by atoms with van der Waals surface area (Å²) in [5, 5.41) is 27.1. The fourth-order valence-electron chi connectivity index (χ4n) is 12.5. The Labute approximate surface area is 286 Å². The van der Waals surface area contributed by atoms with E-state index in [0.717, 1.165) is 81.9 Å². The molecule has 2 spiro atoms. The number of ether oxygens (including phenoxy) is 1. The van der Waals surface area contributed by atoms with Gasteiger partial charge in [-0.1, -0.05) is 69.5 Å². The van der Waals surface area contributed by atoms with Gasteiger partial charge in [-0.15, -0.1) is 0 Å². The first-order chi connectivity index (χ1) is 23.0. The fraction of sp³-hybridized carbons (Fsp3) is 0.707. The van der Waals surface area contributed by atoms with Crippen LogP contribution in [0.5, 0.6) is 0 Å². The van der Waals surface area contributed by atoms with Gasteiger partial charge < -0.3 is 25.2 Å². The molecule has 0 radical (unpaired) electrons. The standard InChI is InChI=1S/C41H56N2O5/c1-37-18-15-30(44)24-39(37)21-22-41(32(25-39)35(45)28-10-5-3-6-11-28)33(37)16-19-38(2)34(41)17-20-40(38,47)27-43(26-31-14-9-23-48-31)36(46)42-29-12-7-4-8-13-29/h4,7-8,12-13,21-22,25,28,30-31,33-34,44,47H,3,5-6,9-11,14-20,23-24,26-27H2,1-2H3,(H,42,46). The second-order valence-corrected chi connectivity index (χ2v) is 17.3. The monoisotopic (exact) mass is 656 g/mol. The van der Waals surface area contributed by atoms with E-state index in [9.17, 15) is 19.8 Å². The number of carbonyl (C=O) groups excluding carboxylic acids is 2. The molecule has 9 atom stereocenters. The number of amides is 2. The number of nitrogens with zero attached hydrogens (tertiary/aromatic N) is 1. The van der Waals surface area contributed by atoms with Gasteiger partial charge in [0.25, 0.3) is 0 Å². The van der Waals surface area contributed by atoms with E-state index in [0.29, 0.717) is 37.7 Å². The summed E-state index contributed by atoms with van der Waals surface area (Å²) in [7, 11) is 0. The zero-order chi connectivity index (χ0) is 33.4. The third kappa shape index (κ3) is 4.76. The third-order valence-electron chi connectivity index (χ3n) is 15.2. The number of fused-ring (bicyclic) bond motifs is 1. The van der Waals surface area contributed by atoms with E-state index >= 15 is 0 Å². The normalized spacial score (nSPS) is 43.2. The number of Topliss-reactive ketones (excluding diaryl/α,β-unsaturated/α-hetero) is 1. The predicted octanol–water partition coefficient (Wildman–Crippen LogP) is 7.44. The molecular weight excluding hydrogens is 600 g/mol. The minimum atomic E-state index is -1.10. The molecule has 8 aliphatic rings. The number of hydrogen-bond donors (Lipinski definition) is 3. The number of ketones is 1. The molecule has 9 rings (SSSR count). The largest absolute Gasteiger partial charge is 0.393 e. The van der Waals surface area contributed by atoms with Crippen molar-refractivity contribution in [3.63, 3.8) is 0 Å². The zero-order valence-electron chi connectivity index (χ0n) is 29.1. The van der Waals surface area contributed by atoms with Crippen molar-refractivity contribution in [2.45, 2.75) is 122 Å². The highest BCUT2D eigenvalue weighted by Gasteiger charge is 2.74. The van der Waals surface area contributed by atoms with Gasteiger partial charge in [-0.05, 0) is 100 Å². The van der Waals surface area contributed by atoms with Crippen LogP contribution < -0.4 is 5.32 Å². The topological polar surface area (TPSA) is 99.1 Å². The molecule has 0 aromatic heterocycles. The van der Waals surface area contributed by atoms with E-state index in [1.165, 1.54) is 6.42 Å². The number of aliphatic hydroxyl groups is 2. The average molecular weight is 657 g/mol. The van der Waals surface area contributed by atoms with Crippen LogP contribution in [0.2, 0.25) is 0 Å². The minimum Gasteiger partial charge on any atom is -0.393 e. The SMILES string of the molecule is CC12CCC(O)CC13C=CC1(C(C(=O)C4CCCCC4)=C3)C2CCC2(C)C1CCC2(O)CN(CC1CCCO1)C(=O)Nc1ccccc1. The summed E-state index contributed by atoms with van der Waals surface area (Å²) in [5.74, 6) is 0.792. The lowest BCUT2D eigenvalue weighted by atomic mass is 9.32. The molecule has 7 nitrogen and oxygen atoms in total. The Morgan fingerprint density at radius 2 is 1.62 bits per heavy atom. The second kappa shape index (κ2) is 11.8. The Bertz CT molecular complexity index is 1480. The molecular formula is C41H56N2O5. The summed E-state index contributed by atoms with van der Waals surface area (Å²) >= 11 is 0. The van der Waals surface area contributed by atoms with Gasteiger partial charge in [-0.25, -0.2) is 4.79 Å². The van der Waals surface area contributed by atoms with Crippen LogP contribution in [0.25, 0.3) is 0 Å². The number of para-hydroxylation sites is 1. The van der Waals surface area contributed by atoms with Gasteiger partial charge in [0.2, 0.25) is 0 Å². The number of allylic oxidation sites excluding steroid dienone is 4. The van der Waals surface area contributed by atoms with E-state index in [4.69, 9.17) is 4.74 Å². The van der Waals surface area contributed by atoms with Crippen LogP contribution in [0, 0.1) is 39.4 Å². The molecule has 5 fully saturated rings. The minimum absolute atomic E-state index is 0.0357. The lowest BCUT2D eigenvalue weighted by Gasteiger charge is -2.71. The summed E-state index contributed by atoms with van der Waals surface area (Å²) < 4.78 is 6.01. The molecule has 260 valence electrons. The van der Waals surface area contributed by atoms with E-state index in [2.05, 4.69) is 37.4 Å². The number of nitrogens with one attached hydrogen (secondary N) is 1. The van der Waals surface area contributed by atoms with Crippen molar-refractivity contribution >= 4 is 17.5 Å². The molecule has 1 saturated heterocycles. The van der Waals surface area contributed by atoms with Gasteiger partial charge >= 0.3 is 6.03 Å². The smallest absolute Gasteiger partial charge is 0.322 e. The number of rotatable bonds is 7. The van der Waals surface area contributed by atoms with Gasteiger partial charge in [0.05, 0.1) is 24.4 Å².